The van der Waals surface area contributed by atoms with E-state index in [1.54, 1.807) is 24.5 Å². The van der Waals surface area contributed by atoms with Crippen LogP contribution in [0.2, 0.25) is 5.02 Å². The molecule has 0 aliphatic carbocycles. The summed E-state index contributed by atoms with van der Waals surface area (Å²) < 4.78 is 3.32. The van der Waals surface area contributed by atoms with E-state index in [9.17, 15) is 10.1 Å². The molecule has 0 spiro atoms. The maximum atomic E-state index is 13.3. The van der Waals surface area contributed by atoms with Gasteiger partial charge in [0, 0.05) is 18.0 Å². The van der Waals surface area contributed by atoms with E-state index in [4.69, 9.17) is 17.3 Å². The first-order valence-corrected chi connectivity index (χ1v) is 10.8. The van der Waals surface area contributed by atoms with Gasteiger partial charge in [-0.15, -0.1) is 5.10 Å². The van der Waals surface area contributed by atoms with Crippen molar-refractivity contribution >= 4 is 34.5 Å². The largest absolute Gasteiger partial charge is 0.381 e. The van der Waals surface area contributed by atoms with Gasteiger partial charge < -0.3 is 11.1 Å². The molecule has 5 rings (SSSR count). The summed E-state index contributed by atoms with van der Waals surface area (Å²) in [5.74, 6) is 0.294. The zero-order valence-corrected chi connectivity index (χ0v) is 19.1. The minimum atomic E-state index is -0.477. The van der Waals surface area contributed by atoms with Gasteiger partial charge in [0.05, 0.1) is 16.8 Å². The van der Waals surface area contributed by atoms with Gasteiger partial charge >= 0.3 is 0 Å². The van der Waals surface area contributed by atoms with E-state index in [-0.39, 0.29) is 17.1 Å². The zero-order chi connectivity index (χ0) is 24.0. The second-order valence-electron chi connectivity index (χ2n) is 7.81. The quantitative estimate of drug-likeness (QED) is 0.409. The molecule has 0 bridgehead atoms. The monoisotopic (exact) mass is 470 g/mol. The Bertz CT molecular complexity index is 1610. The maximum Gasteiger partial charge on any atom is 0.259 e. The molecule has 5 aromatic rings. The van der Waals surface area contributed by atoms with E-state index < -0.39 is 11.9 Å². The normalized spacial score (nSPS) is 12.1. The van der Waals surface area contributed by atoms with E-state index in [0.717, 1.165) is 16.8 Å². The lowest BCUT2D eigenvalue weighted by Gasteiger charge is -2.21. The first-order valence-electron chi connectivity index (χ1n) is 10.5. The van der Waals surface area contributed by atoms with Crippen LogP contribution in [0.4, 0.5) is 5.82 Å². The molecule has 1 unspecified atom stereocenters. The Labute approximate surface area is 199 Å². The molecule has 0 radical (unpaired) electrons. The van der Waals surface area contributed by atoms with Crippen LogP contribution in [0.15, 0.2) is 54.9 Å². The predicted molar refractivity (Wildman–Crippen MR) is 128 cm³/mol. The molecule has 3 N–H and O–H groups in total. The highest BCUT2D eigenvalue weighted by molar-refractivity contribution is 6.34. The third-order valence-electron chi connectivity index (χ3n) is 5.67. The number of imidazole rings is 1. The number of amides is 1. The number of nitrogens with zero attached hydrogens (tertiary/aromatic N) is 6. The van der Waals surface area contributed by atoms with Crippen LogP contribution < -0.4 is 11.1 Å². The number of hydrogen-bond acceptors (Lipinski definition) is 6. The summed E-state index contributed by atoms with van der Waals surface area (Å²) in [5, 5.41) is 17.1. The summed E-state index contributed by atoms with van der Waals surface area (Å²) in [7, 11) is 0. The van der Waals surface area contributed by atoms with Crippen LogP contribution in [0.25, 0.3) is 22.4 Å². The summed E-state index contributed by atoms with van der Waals surface area (Å²) in [6.45, 7) is 3.67. The fourth-order valence-corrected chi connectivity index (χ4v) is 4.49. The zero-order valence-electron chi connectivity index (χ0n) is 18.3. The molecule has 0 fully saturated rings. The van der Waals surface area contributed by atoms with Crippen molar-refractivity contribution in [2.24, 2.45) is 0 Å². The van der Waals surface area contributed by atoms with Crippen LogP contribution in [0.3, 0.4) is 0 Å². The number of nitrogens with one attached hydrogen (secondary N) is 1. The van der Waals surface area contributed by atoms with Crippen molar-refractivity contribution in [1.29, 1.82) is 5.26 Å². The molecule has 4 heterocycles. The number of nitriles is 1. The minimum absolute atomic E-state index is 0.0873. The average molecular weight is 471 g/mol. The maximum absolute atomic E-state index is 13.3. The number of aryl methyl sites for hydroxylation is 1. The number of rotatable bonds is 4. The van der Waals surface area contributed by atoms with Crippen LogP contribution in [-0.2, 0) is 0 Å². The molecule has 0 saturated heterocycles. The van der Waals surface area contributed by atoms with Crippen LogP contribution in [0, 0.1) is 18.3 Å². The summed E-state index contributed by atoms with van der Waals surface area (Å²) in [4.78, 5) is 21.9. The Hall–Kier alpha value is -4.42. The number of carbonyl (C=O) groups excluding carboxylic acids is 1. The van der Waals surface area contributed by atoms with Gasteiger partial charge in [-0.3, -0.25) is 9.20 Å². The number of aromatic nitrogens is 5. The SMILES string of the molecule is Cc1nc(C#N)c2c(Cl)cc(C(C)NC(=O)c3c(N)nn4cccnc34)c(-c3ccccc3)n12. The molecule has 168 valence electrons. The highest BCUT2D eigenvalue weighted by Crippen LogP contribution is 2.36. The second-order valence-corrected chi connectivity index (χ2v) is 8.22. The van der Waals surface area contributed by atoms with Crippen molar-refractivity contribution in [3.63, 3.8) is 0 Å². The molecule has 0 saturated carbocycles. The van der Waals surface area contributed by atoms with E-state index >= 15 is 0 Å². The van der Waals surface area contributed by atoms with E-state index in [2.05, 4.69) is 26.5 Å². The highest BCUT2D eigenvalue weighted by Gasteiger charge is 2.25. The van der Waals surface area contributed by atoms with Gasteiger partial charge in [0.1, 0.15) is 23.0 Å². The number of fused-ring (bicyclic) bond motifs is 2. The number of nitrogens with two attached hydrogens (primary N) is 1. The number of pyridine rings is 1. The van der Waals surface area contributed by atoms with Crippen LogP contribution in [0.1, 0.15) is 40.4 Å². The average Bonchev–Trinajstić information content (AvgIpc) is 3.35. The van der Waals surface area contributed by atoms with Crippen molar-refractivity contribution in [3.8, 4) is 17.3 Å². The topological polar surface area (TPSA) is 126 Å². The van der Waals surface area contributed by atoms with Crippen molar-refractivity contribution in [2.45, 2.75) is 19.9 Å². The van der Waals surface area contributed by atoms with Crippen LogP contribution in [0.5, 0.6) is 0 Å². The Morgan fingerprint density at radius 3 is 2.76 bits per heavy atom. The van der Waals surface area contributed by atoms with Crippen molar-refractivity contribution in [1.82, 2.24) is 29.3 Å². The summed E-state index contributed by atoms with van der Waals surface area (Å²) >= 11 is 6.63. The van der Waals surface area contributed by atoms with Gasteiger partial charge in [-0.2, -0.15) is 5.26 Å². The Morgan fingerprint density at radius 2 is 2.03 bits per heavy atom. The highest BCUT2D eigenvalue weighted by atomic mass is 35.5. The lowest BCUT2D eigenvalue weighted by atomic mass is 9.99. The van der Waals surface area contributed by atoms with Crippen molar-refractivity contribution in [3.05, 3.63) is 82.5 Å². The number of nitrogen functional groups attached to an aromatic ring is 1. The minimum Gasteiger partial charge on any atom is -0.381 e. The molecule has 1 atom stereocenters. The number of carbonyl (C=O) groups is 1. The Morgan fingerprint density at radius 1 is 1.26 bits per heavy atom. The van der Waals surface area contributed by atoms with E-state index in [1.807, 2.05) is 48.6 Å². The van der Waals surface area contributed by atoms with Crippen molar-refractivity contribution < 1.29 is 4.79 Å². The Balaban J connectivity index is 1.66. The summed E-state index contributed by atoms with van der Waals surface area (Å²) in [6, 6.07) is 14.8. The van der Waals surface area contributed by atoms with Gasteiger partial charge in [-0.25, -0.2) is 14.5 Å². The Kier molecular flexibility index (Phi) is 5.15. The predicted octanol–water partition coefficient (Wildman–Crippen LogP) is 3.95. The van der Waals surface area contributed by atoms with E-state index in [0.29, 0.717) is 22.0 Å². The molecule has 0 aliphatic rings. The molecule has 1 amide bonds. The number of halogens is 1. The first kappa shape index (κ1) is 21.4. The summed E-state index contributed by atoms with van der Waals surface area (Å²) in [5.41, 5.74) is 9.79. The smallest absolute Gasteiger partial charge is 0.259 e. The third-order valence-corrected chi connectivity index (χ3v) is 5.96. The first-order chi connectivity index (χ1) is 16.4. The number of anilines is 1. The van der Waals surface area contributed by atoms with Crippen LogP contribution >= 0.6 is 11.6 Å². The molecule has 10 heteroatoms. The molecule has 1 aromatic carbocycles. The fourth-order valence-electron chi connectivity index (χ4n) is 4.20. The van der Waals surface area contributed by atoms with Gasteiger partial charge in [0.2, 0.25) is 0 Å². The number of hydrogen-bond donors (Lipinski definition) is 2. The van der Waals surface area contributed by atoms with Gasteiger partial charge in [-0.1, -0.05) is 41.9 Å². The lowest BCUT2D eigenvalue weighted by molar-refractivity contribution is 0.0942. The second kappa shape index (κ2) is 8.17. The van der Waals surface area contributed by atoms with Gasteiger partial charge in [0.25, 0.3) is 5.91 Å². The van der Waals surface area contributed by atoms with E-state index in [1.165, 1.54) is 4.52 Å². The van der Waals surface area contributed by atoms with Crippen LogP contribution in [-0.4, -0.2) is 29.9 Å². The fraction of sp³-hybridized carbons (Fsp3) is 0.125. The van der Waals surface area contributed by atoms with Gasteiger partial charge in [-0.05, 0) is 31.5 Å². The molecule has 34 heavy (non-hydrogen) atoms. The van der Waals surface area contributed by atoms with Crippen molar-refractivity contribution in [2.75, 3.05) is 5.73 Å². The third kappa shape index (κ3) is 3.32. The molecule has 9 nitrogen and oxygen atoms in total. The van der Waals surface area contributed by atoms with Gasteiger partial charge in [0.15, 0.2) is 17.2 Å². The number of benzene rings is 1. The molecule has 4 aromatic heterocycles. The standard InChI is InChI=1S/C24H19ClN8O/c1-13(29-24(34)19-22(27)31-32-10-6-9-28-23(19)32)16-11-17(25)21-18(12-26)30-14(2)33(21)20(16)15-7-4-3-5-8-15/h3-11,13H,1-2H3,(H2,27,31)(H,29,34). The molecular formula is C24H19ClN8O. The summed E-state index contributed by atoms with van der Waals surface area (Å²) in [6.07, 6.45) is 3.25. The molecule has 0 aliphatic heterocycles. The lowest BCUT2D eigenvalue weighted by Crippen LogP contribution is -2.28. The molecular weight excluding hydrogens is 452 g/mol.